The zero-order valence-electron chi connectivity index (χ0n) is 12.2. The summed E-state index contributed by atoms with van der Waals surface area (Å²) >= 11 is 0. The van der Waals surface area contributed by atoms with Gasteiger partial charge < -0.3 is 15.8 Å². The Kier molecular flexibility index (Phi) is 5.36. The lowest BCUT2D eigenvalue weighted by molar-refractivity contribution is 0.0501. The number of hydrogen-bond donors (Lipinski definition) is 2. The molecule has 1 aromatic carbocycles. The van der Waals surface area contributed by atoms with Crippen LogP contribution in [0.15, 0.2) is 24.3 Å². The van der Waals surface area contributed by atoms with Crippen molar-refractivity contribution >= 4 is 6.09 Å². The molecule has 0 heterocycles. The van der Waals surface area contributed by atoms with E-state index in [-0.39, 0.29) is 6.04 Å². The highest BCUT2D eigenvalue weighted by Gasteiger charge is 2.20. The van der Waals surface area contributed by atoms with Gasteiger partial charge in [-0.3, -0.25) is 0 Å². The Balaban J connectivity index is 2.79. The van der Waals surface area contributed by atoms with Crippen LogP contribution in [0, 0.1) is 6.92 Å². The van der Waals surface area contributed by atoms with Crippen molar-refractivity contribution in [1.29, 1.82) is 0 Å². The van der Waals surface area contributed by atoms with Crippen molar-refractivity contribution in [2.24, 2.45) is 5.73 Å². The SMILES string of the molecule is Cc1ccccc1C(CCN)NC(=O)OC(C)(C)C. The Morgan fingerprint density at radius 3 is 2.53 bits per heavy atom. The molecule has 0 aliphatic carbocycles. The van der Waals surface area contributed by atoms with Crippen LogP contribution in [-0.2, 0) is 4.74 Å². The van der Waals surface area contributed by atoms with Crippen molar-refractivity contribution < 1.29 is 9.53 Å². The van der Waals surface area contributed by atoms with Gasteiger partial charge in [0.05, 0.1) is 6.04 Å². The van der Waals surface area contributed by atoms with Gasteiger partial charge in [0, 0.05) is 0 Å². The molecular formula is C15H24N2O2. The molecule has 0 aliphatic heterocycles. The third-order valence-corrected chi connectivity index (χ3v) is 2.71. The van der Waals surface area contributed by atoms with E-state index in [0.717, 1.165) is 11.1 Å². The maximum absolute atomic E-state index is 11.9. The summed E-state index contributed by atoms with van der Waals surface area (Å²) in [7, 11) is 0. The second-order valence-corrected chi connectivity index (χ2v) is 5.63. The normalized spacial score (nSPS) is 12.9. The van der Waals surface area contributed by atoms with Crippen molar-refractivity contribution in [2.45, 2.75) is 45.8 Å². The number of carbonyl (C=O) groups is 1. The largest absolute Gasteiger partial charge is 0.444 e. The highest BCUT2D eigenvalue weighted by Crippen LogP contribution is 2.20. The van der Waals surface area contributed by atoms with Gasteiger partial charge in [-0.15, -0.1) is 0 Å². The number of benzene rings is 1. The molecule has 3 N–H and O–H groups in total. The zero-order chi connectivity index (χ0) is 14.5. The predicted molar refractivity (Wildman–Crippen MR) is 77.0 cm³/mol. The number of nitrogens with two attached hydrogens (primary N) is 1. The Bertz CT molecular complexity index is 424. The fraction of sp³-hybridized carbons (Fsp3) is 0.533. The summed E-state index contributed by atoms with van der Waals surface area (Å²) in [4.78, 5) is 11.9. The van der Waals surface area contributed by atoms with Crippen molar-refractivity contribution in [3.63, 3.8) is 0 Å². The van der Waals surface area contributed by atoms with E-state index in [2.05, 4.69) is 5.32 Å². The standard InChI is InChI=1S/C15H24N2O2/c1-11-7-5-6-8-12(11)13(9-10-16)17-14(18)19-15(2,3)4/h5-8,13H,9-10,16H2,1-4H3,(H,17,18). The molecule has 0 fully saturated rings. The van der Waals surface area contributed by atoms with Crippen molar-refractivity contribution in [3.05, 3.63) is 35.4 Å². The lowest BCUT2D eigenvalue weighted by Crippen LogP contribution is -2.36. The third-order valence-electron chi connectivity index (χ3n) is 2.71. The second-order valence-electron chi connectivity index (χ2n) is 5.63. The molecule has 0 aliphatic rings. The summed E-state index contributed by atoms with van der Waals surface area (Å²) in [5.74, 6) is 0. The maximum atomic E-state index is 11.9. The molecule has 4 heteroatoms. The molecule has 0 spiro atoms. The zero-order valence-corrected chi connectivity index (χ0v) is 12.2. The minimum absolute atomic E-state index is 0.110. The number of aryl methyl sites for hydroxylation is 1. The van der Waals surface area contributed by atoms with Gasteiger partial charge in [-0.1, -0.05) is 24.3 Å². The van der Waals surface area contributed by atoms with Crippen LogP contribution in [0.2, 0.25) is 0 Å². The number of alkyl carbamates (subject to hydrolysis) is 1. The van der Waals surface area contributed by atoms with Crippen LogP contribution in [0.3, 0.4) is 0 Å². The first kappa shape index (κ1) is 15.5. The van der Waals surface area contributed by atoms with E-state index in [1.165, 1.54) is 0 Å². The smallest absolute Gasteiger partial charge is 0.408 e. The van der Waals surface area contributed by atoms with Crippen LogP contribution >= 0.6 is 0 Å². The van der Waals surface area contributed by atoms with E-state index in [1.54, 1.807) is 0 Å². The van der Waals surface area contributed by atoms with E-state index < -0.39 is 11.7 Å². The maximum Gasteiger partial charge on any atom is 0.408 e. The minimum Gasteiger partial charge on any atom is -0.444 e. The van der Waals surface area contributed by atoms with Crippen LogP contribution < -0.4 is 11.1 Å². The van der Waals surface area contributed by atoms with Crippen LogP contribution in [-0.4, -0.2) is 18.2 Å². The molecule has 1 amide bonds. The van der Waals surface area contributed by atoms with Gasteiger partial charge in [0.15, 0.2) is 0 Å². The van der Waals surface area contributed by atoms with Gasteiger partial charge in [-0.05, 0) is 51.8 Å². The molecule has 19 heavy (non-hydrogen) atoms. The van der Waals surface area contributed by atoms with E-state index in [9.17, 15) is 4.79 Å². The van der Waals surface area contributed by atoms with Crippen molar-refractivity contribution in [2.75, 3.05) is 6.54 Å². The molecule has 4 nitrogen and oxygen atoms in total. The number of ether oxygens (including phenoxy) is 1. The summed E-state index contributed by atoms with van der Waals surface area (Å²) < 4.78 is 5.29. The average molecular weight is 264 g/mol. The summed E-state index contributed by atoms with van der Waals surface area (Å²) in [6.07, 6.45) is 0.276. The molecule has 0 bridgehead atoms. The lowest BCUT2D eigenvalue weighted by atomic mass is 9.99. The Morgan fingerprint density at radius 2 is 2.00 bits per heavy atom. The number of amides is 1. The molecule has 1 rings (SSSR count). The van der Waals surface area contributed by atoms with Crippen molar-refractivity contribution in [3.8, 4) is 0 Å². The van der Waals surface area contributed by atoms with Gasteiger partial charge in [0.2, 0.25) is 0 Å². The molecule has 106 valence electrons. The number of rotatable bonds is 4. The fourth-order valence-electron chi connectivity index (χ4n) is 1.90. The number of hydrogen-bond acceptors (Lipinski definition) is 3. The number of carbonyl (C=O) groups excluding carboxylic acids is 1. The molecule has 0 saturated carbocycles. The van der Waals surface area contributed by atoms with Crippen LogP contribution in [0.25, 0.3) is 0 Å². The highest BCUT2D eigenvalue weighted by atomic mass is 16.6. The van der Waals surface area contributed by atoms with Crippen LogP contribution in [0.5, 0.6) is 0 Å². The van der Waals surface area contributed by atoms with Gasteiger partial charge in [0.1, 0.15) is 5.60 Å². The Morgan fingerprint density at radius 1 is 1.37 bits per heavy atom. The topological polar surface area (TPSA) is 64.3 Å². The first-order valence-corrected chi connectivity index (χ1v) is 6.58. The molecule has 1 unspecified atom stereocenters. The van der Waals surface area contributed by atoms with E-state index in [0.29, 0.717) is 13.0 Å². The predicted octanol–water partition coefficient (Wildman–Crippen LogP) is 2.91. The van der Waals surface area contributed by atoms with Gasteiger partial charge in [-0.25, -0.2) is 4.79 Å². The Hall–Kier alpha value is -1.55. The lowest BCUT2D eigenvalue weighted by Gasteiger charge is -2.24. The first-order chi connectivity index (χ1) is 8.83. The van der Waals surface area contributed by atoms with Gasteiger partial charge >= 0.3 is 6.09 Å². The summed E-state index contributed by atoms with van der Waals surface area (Å²) in [5, 5.41) is 2.89. The minimum atomic E-state index is -0.497. The fourth-order valence-corrected chi connectivity index (χ4v) is 1.90. The highest BCUT2D eigenvalue weighted by molar-refractivity contribution is 5.68. The number of nitrogens with one attached hydrogen (secondary N) is 1. The van der Waals surface area contributed by atoms with Crippen molar-refractivity contribution in [1.82, 2.24) is 5.32 Å². The van der Waals surface area contributed by atoms with E-state index >= 15 is 0 Å². The van der Waals surface area contributed by atoms with E-state index in [1.807, 2.05) is 52.0 Å². The third kappa shape index (κ3) is 5.30. The molecule has 0 radical (unpaired) electrons. The molecule has 0 aromatic heterocycles. The molecular weight excluding hydrogens is 240 g/mol. The summed E-state index contributed by atoms with van der Waals surface area (Å²) in [6.45, 7) is 8.07. The molecule has 1 aromatic rings. The monoisotopic (exact) mass is 264 g/mol. The second kappa shape index (κ2) is 6.57. The van der Waals surface area contributed by atoms with Crippen LogP contribution in [0.1, 0.15) is 44.4 Å². The summed E-state index contributed by atoms with van der Waals surface area (Å²) in [6, 6.07) is 7.86. The molecule has 0 saturated heterocycles. The average Bonchev–Trinajstić information content (AvgIpc) is 2.26. The first-order valence-electron chi connectivity index (χ1n) is 6.58. The van der Waals surface area contributed by atoms with Crippen LogP contribution in [0.4, 0.5) is 4.79 Å². The van der Waals surface area contributed by atoms with Gasteiger partial charge in [0.25, 0.3) is 0 Å². The Labute approximate surface area is 115 Å². The van der Waals surface area contributed by atoms with Gasteiger partial charge in [-0.2, -0.15) is 0 Å². The summed E-state index contributed by atoms with van der Waals surface area (Å²) in [5.41, 5.74) is 7.35. The quantitative estimate of drug-likeness (QED) is 0.878. The molecule has 1 atom stereocenters. The van der Waals surface area contributed by atoms with E-state index in [4.69, 9.17) is 10.5 Å².